The van der Waals surface area contributed by atoms with Gasteiger partial charge in [0.15, 0.2) is 0 Å². The van der Waals surface area contributed by atoms with Gasteiger partial charge >= 0.3 is 0 Å². The van der Waals surface area contributed by atoms with Crippen LogP contribution in [0.15, 0.2) is 55.0 Å². The Morgan fingerprint density at radius 1 is 0.969 bits per heavy atom. The molecule has 0 bridgehead atoms. The summed E-state index contributed by atoms with van der Waals surface area (Å²) in [7, 11) is 0. The number of fused-ring (bicyclic) bond motifs is 1. The van der Waals surface area contributed by atoms with E-state index in [0.29, 0.717) is 26.5 Å². The highest BCUT2D eigenvalue weighted by molar-refractivity contribution is 6.50. The molecule has 0 aliphatic carbocycles. The van der Waals surface area contributed by atoms with E-state index in [1.807, 2.05) is 0 Å². The van der Waals surface area contributed by atoms with Crippen molar-refractivity contribution < 1.29 is 14.7 Å². The van der Waals surface area contributed by atoms with Gasteiger partial charge < -0.3 is 15.0 Å². The number of phenols is 1. The van der Waals surface area contributed by atoms with Gasteiger partial charge in [-0.3, -0.25) is 14.6 Å². The van der Waals surface area contributed by atoms with Gasteiger partial charge in [0, 0.05) is 30.5 Å². The lowest BCUT2D eigenvalue weighted by atomic mass is 10.1. The van der Waals surface area contributed by atoms with Gasteiger partial charge in [0.25, 0.3) is 11.7 Å². The fourth-order valence-corrected chi connectivity index (χ4v) is 4.16. The van der Waals surface area contributed by atoms with Crippen LogP contribution in [-0.2, 0) is 11.3 Å². The van der Waals surface area contributed by atoms with Crippen LogP contribution in [-0.4, -0.2) is 26.3 Å². The van der Waals surface area contributed by atoms with Crippen LogP contribution in [0, 0.1) is 0 Å². The molecule has 0 aliphatic heterocycles. The zero-order valence-corrected chi connectivity index (χ0v) is 19.1. The summed E-state index contributed by atoms with van der Waals surface area (Å²) in [5.41, 5.74) is 1.23. The van der Waals surface area contributed by atoms with Crippen molar-refractivity contribution in [2.45, 2.75) is 6.54 Å². The van der Waals surface area contributed by atoms with E-state index in [4.69, 9.17) is 46.4 Å². The van der Waals surface area contributed by atoms with Crippen molar-refractivity contribution in [3.8, 4) is 5.75 Å². The van der Waals surface area contributed by atoms with Gasteiger partial charge in [0.1, 0.15) is 5.75 Å². The van der Waals surface area contributed by atoms with Crippen LogP contribution in [0.25, 0.3) is 10.9 Å². The van der Waals surface area contributed by atoms with Crippen molar-refractivity contribution in [3.05, 3.63) is 86.2 Å². The Labute approximate surface area is 202 Å². The standard InChI is InChI=1S/C22H13Cl4N3O3/c23-14-5-1-3-11(18(14)26)9-29-10-13(12-4-2-6-17(30)20(12)29)21(31)22(32)28-19-15(24)7-27-8-16(19)25/h1-8,10,30H,9H2,(H,27,28,32). The van der Waals surface area contributed by atoms with Gasteiger partial charge in [-0.05, 0) is 17.7 Å². The number of ketones is 1. The number of nitrogens with zero attached hydrogens (tertiary/aromatic N) is 2. The first kappa shape index (κ1) is 22.4. The number of halogens is 4. The number of aromatic hydroxyl groups is 1. The molecule has 2 heterocycles. The summed E-state index contributed by atoms with van der Waals surface area (Å²) in [6.07, 6.45) is 4.08. The van der Waals surface area contributed by atoms with E-state index >= 15 is 0 Å². The van der Waals surface area contributed by atoms with Crippen molar-refractivity contribution in [1.82, 2.24) is 9.55 Å². The Kier molecular flexibility index (Phi) is 6.31. The second-order valence-corrected chi connectivity index (χ2v) is 8.42. The SMILES string of the molecule is O=C(Nc1c(Cl)cncc1Cl)C(=O)c1cn(Cc2cccc(Cl)c2Cl)c2c(O)cccc12. The van der Waals surface area contributed by atoms with Crippen molar-refractivity contribution in [2.75, 3.05) is 5.32 Å². The number of hydrogen-bond acceptors (Lipinski definition) is 4. The number of para-hydroxylation sites is 1. The number of amides is 1. The highest BCUT2D eigenvalue weighted by Crippen LogP contribution is 2.33. The first-order valence-corrected chi connectivity index (χ1v) is 10.7. The number of pyridine rings is 1. The molecule has 4 rings (SSSR count). The summed E-state index contributed by atoms with van der Waals surface area (Å²) in [4.78, 5) is 29.5. The largest absolute Gasteiger partial charge is 0.506 e. The zero-order chi connectivity index (χ0) is 23.0. The predicted molar refractivity (Wildman–Crippen MR) is 126 cm³/mol. The number of anilines is 1. The molecule has 0 spiro atoms. The summed E-state index contributed by atoms with van der Waals surface area (Å²) in [5, 5.41) is 14.2. The number of phenolic OH excluding ortho intramolecular Hbond substituents is 1. The van der Waals surface area contributed by atoms with Crippen molar-refractivity contribution >= 4 is 74.7 Å². The zero-order valence-electron chi connectivity index (χ0n) is 16.1. The summed E-state index contributed by atoms with van der Waals surface area (Å²) in [6.45, 7) is 0.213. The maximum absolute atomic E-state index is 13.0. The molecule has 2 aromatic heterocycles. The van der Waals surface area contributed by atoms with E-state index in [9.17, 15) is 14.7 Å². The van der Waals surface area contributed by atoms with Gasteiger partial charge in [-0.25, -0.2) is 0 Å². The van der Waals surface area contributed by atoms with E-state index in [1.165, 1.54) is 24.7 Å². The Hall–Kier alpha value is -2.77. The van der Waals surface area contributed by atoms with Crippen LogP contribution in [0.1, 0.15) is 15.9 Å². The van der Waals surface area contributed by atoms with E-state index in [1.54, 1.807) is 34.9 Å². The first-order chi connectivity index (χ1) is 15.3. The second kappa shape index (κ2) is 9.00. The van der Waals surface area contributed by atoms with Crippen molar-refractivity contribution in [1.29, 1.82) is 0 Å². The number of nitrogens with one attached hydrogen (secondary N) is 1. The Bertz CT molecular complexity index is 1360. The molecule has 10 heteroatoms. The van der Waals surface area contributed by atoms with Crippen LogP contribution in [0.4, 0.5) is 5.69 Å². The minimum absolute atomic E-state index is 0.0552. The third-order valence-electron chi connectivity index (χ3n) is 4.79. The van der Waals surface area contributed by atoms with E-state index in [0.717, 1.165) is 0 Å². The molecule has 1 amide bonds. The number of carbonyl (C=O) groups excluding carboxylic acids is 2. The maximum Gasteiger partial charge on any atom is 0.296 e. The van der Waals surface area contributed by atoms with Crippen LogP contribution in [0.3, 0.4) is 0 Å². The number of carbonyl (C=O) groups is 2. The van der Waals surface area contributed by atoms with Gasteiger partial charge in [0.2, 0.25) is 0 Å². The fourth-order valence-electron chi connectivity index (χ4n) is 3.32. The normalized spacial score (nSPS) is 11.0. The van der Waals surface area contributed by atoms with Gasteiger partial charge in [-0.2, -0.15) is 0 Å². The lowest BCUT2D eigenvalue weighted by Crippen LogP contribution is -2.23. The van der Waals surface area contributed by atoms with E-state index in [-0.39, 0.29) is 33.6 Å². The molecular formula is C22H13Cl4N3O3. The summed E-state index contributed by atoms with van der Waals surface area (Å²) in [5.74, 6) is -1.83. The number of benzene rings is 2. The smallest absolute Gasteiger partial charge is 0.296 e. The third kappa shape index (κ3) is 4.14. The van der Waals surface area contributed by atoms with Gasteiger partial charge in [0.05, 0.1) is 36.9 Å². The predicted octanol–water partition coefficient (Wildman–Crippen LogP) is 6.23. The average Bonchev–Trinajstić information content (AvgIpc) is 3.13. The molecule has 0 fully saturated rings. The first-order valence-electron chi connectivity index (χ1n) is 9.16. The molecule has 0 aliphatic rings. The number of aromatic nitrogens is 2. The number of hydrogen-bond donors (Lipinski definition) is 2. The molecule has 0 radical (unpaired) electrons. The molecule has 2 aromatic carbocycles. The van der Waals surface area contributed by atoms with Crippen LogP contribution in [0.5, 0.6) is 5.75 Å². The van der Waals surface area contributed by atoms with Crippen LogP contribution >= 0.6 is 46.4 Å². The number of Topliss-reactive ketones (excluding diaryl/α,β-unsaturated/α-hetero) is 1. The summed E-state index contributed by atoms with van der Waals surface area (Å²) in [6, 6.07) is 9.90. The molecule has 0 unspecified atom stereocenters. The number of rotatable bonds is 5. The topological polar surface area (TPSA) is 84.2 Å². The Morgan fingerprint density at radius 2 is 1.66 bits per heavy atom. The van der Waals surface area contributed by atoms with Crippen LogP contribution < -0.4 is 5.32 Å². The third-order valence-corrected chi connectivity index (χ3v) is 6.22. The summed E-state index contributed by atoms with van der Waals surface area (Å²) < 4.78 is 1.63. The summed E-state index contributed by atoms with van der Waals surface area (Å²) >= 11 is 24.5. The van der Waals surface area contributed by atoms with Crippen molar-refractivity contribution in [2.24, 2.45) is 0 Å². The second-order valence-electron chi connectivity index (χ2n) is 6.82. The molecule has 6 nitrogen and oxygen atoms in total. The quantitative estimate of drug-likeness (QED) is 0.247. The highest BCUT2D eigenvalue weighted by Gasteiger charge is 2.24. The van der Waals surface area contributed by atoms with E-state index in [2.05, 4.69) is 10.3 Å². The Balaban J connectivity index is 1.75. The lowest BCUT2D eigenvalue weighted by molar-refractivity contribution is -0.112. The van der Waals surface area contributed by atoms with E-state index < -0.39 is 11.7 Å². The van der Waals surface area contributed by atoms with Crippen molar-refractivity contribution in [3.63, 3.8) is 0 Å². The van der Waals surface area contributed by atoms with Gasteiger partial charge in [-0.15, -0.1) is 0 Å². The average molecular weight is 509 g/mol. The minimum Gasteiger partial charge on any atom is -0.506 e. The molecule has 0 saturated carbocycles. The Morgan fingerprint density at radius 3 is 2.38 bits per heavy atom. The molecule has 2 N–H and O–H groups in total. The molecule has 162 valence electrons. The molecule has 32 heavy (non-hydrogen) atoms. The molecule has 0 atom stereocenters. The molecule has 0 saturated heterocycles. The minimum atomic E-state index is -0.941. The molecule has 4 aromatic rings. The molecular weight excluding hydrogens is 496 g/mol. The van der Waals surface area contributed by atoms with Gasteiger partial charge in [-0.1, -0.05) is 70.7 Å². The lowest BCUT2D eigenvalue weighted by Gasteiger charge is -2.09. The maximum atomic E-state index is 13.0. The highest BCUT2D eigenvalue weighted by atomic mass is 35.5. The van der Waals surface area contributed by atoms with Crippen LogP contribution in [0.2, 0.25) is 20.1 Å². The fraction of sp³-hybridized carbons (Fsp3) is 0.0455. The monoisotopic (exact) mass is 507 g/mol.